The minimum Gasteiger partial charge on any atom is -0.454 e. The number of anilines is 1. The summed E-state index contributed by atoms with van der Waals surface area (Å²) in [7, 11) is 2.02. The summed E-state index contributed by atoms with van der Waals surface area (Å²) in [5, 5.41) is 8.14. The maximum atomic E-state index is 5.50. The molecule has 0 amide bonds. The molecule has 1 atom stereocenters. The fourth-order valence-electron chi connectivity index (χ4n) is 3.81. The maximum absolute atomic E-state index is 5.50. The van der Waals surface area contributed by atoms with Crippen LogP contribution in [0.15, 0.2) is 30.5 Å². The molecule has 1 N–H and O–H groups in total. The number of rotatable bonds is 5. The van der Waals surface area contributed by atoms with Gasteiger partial charge in [0.15, 0.2) is 11.5 Å². The molecule has 2 aliphatic rings. The van der Waals surface area contributed by atoms with Crippen LogP contribution in [0.4, 0.5) is 5.69 Å². The van der Waals surface area contributed by atoms with Crippen molar-refractivity contribution < 1.29 is 9.47 Å². The molecule has 3 heterocycles. The Morgan fingerprint density at radius 3 is 2.72 bits per heavy atom. The van der Waals surface area contributed by atoms with Gasteiger partial charge in [0.1, 0.15) is 0 Å². The molecule has 1 saturated heterocycles. The summed E-state index contributed by atoms with van der Waals surface area (Å²) in [6, 6.07) is 9.27. The molecule has 1 aromatic carbocycles. The van der Waals surface area contributed by atoms with Crippen LogP contribution >= 0.6 is 0 Å². The van der Waals surface area contributed by atoms with Crippen LogP contribution in [-0.2, 0) is 7.05 Å². The van der Waals surface area contributed by atoms with E-state index in [4.69, 9.17) is 9.47 Å². The fraction of sp³-hybridized carbons (Fsp3) is 0.526. The van der Waals surface area contributed by atoms with Gasteiger partial charge in [-0.05, 0) is 37.5 Å². The lowest BCUT2D eigenvalue weighted by atomic mass is 10.0. The van der Waals surface area contributed by atoms with Gasteiger partial charge in [0.2, 0.25) is 6.79 Å². The van der Waals surface area contributed by atoms with Gasteiger partial charge in [-0.15, -0.1) is 0 Å². The Hall–Kier alpha value is -2.21. The average Bonchev–Trinajstić information content (AvgIpc) is 3.28. The number of aromatic nitrogens is 2. The quantitative estimate of drug-likeness (QED) is 0.905. The molecule has 0 unspecified atom stereocenters. The van der Waals surface area contributed by atoms with E-state index in [1.165, 1.54) is 11.4 Å². The number of hydrogen-bond donors (Lipinski definition) is 1. The van der Waals surface area contributed by atoms with E-state index >= 15 is 0 Å². The van der Waals surface area contributed by atoms with Gasteiger partial charge in [0.05, 0.1) is 5.69 Å². The topological polar surface area (TPSA) is 51.6 Å². The lowest BCUT2D eigenvalue weighted by Gasteiger charge is -2.35. The Kier molecular flexibility index (Phi) is 4.53. The van der Waals surface area contributed by atoms with Gasteiger partial charge < -0.3 is 19.7 Å². The highest BCUT2D eigenvalue weighted by Crippen LogP contribution is 2.36. The summed E-state index contributed by atoms with van der Waals surface area (Å²) in [6.07, 6.45) is 5.23. The van der Waals surface area contributed by atoms with Gasteiger partial charge in [-0.25, -0.2) is 0 Å². The van der Waals surface area contributed by atoms with Crippen molar-refractivity contribution in [1.29, 1.82) is 0 Å². The number of piperidine rings is 1. The minimum atomic E-state index is 0.331. The Labute approximate surface area is 148 Å². The van der Waals surface area contributed by atoms with Crippen molar-refractivity contribution in [3.05, 3.63) is 36.2 Å². The van der Waals surface area contributed by atoms with Crippen LogP contribution in [0.5, 0.6) is 11.5 Å². The first-order chi connectivity index (χ1) is 12.2. The van der Waals surface area contributed by atoms with Crippen molar-refractivity contribution in [2.75, 3.05) is 24.8 Å². The van der Waals surface area contributed by atoms with Crippen LogP contribution in [-0.4, -0.2) is 35.7 Å². The highest BCUT2D eigenvalue weighted by molar-refractivity contribution is 5.57. The Balaban J connectivity index is 1.36. The van der Waals surface area contributed by atoms with Gasteiger partial charge in [0, 0.05) is 50.2 Å². The fourth-order valence-corrected chi connectivity index (χ4v) is 3.81. The lowest BCUT2D eigenvalue weighted by molar-refractivity contribution is 0.174. The second-order valence-electron chi connectivity index (χ2n) is 6.81. The Morgan fingerprint density at radius 2 is 2.00 bits per heavy atom. The third-order valence-electron chi connectivity index (χ3n) is 5.28. The van der Waals surface area contributed by atoms with Gasteiger partial charge in [-0.2, -0.15) is 5.10 Å². The zero-order valence-electron chi connectivity index (χ0n) is 14.9. The first kappa shape index (κ1) is 16.3. The summed E-state index contributed by atoms with van der Waals surface area (Å²) in [6.45, 7) is 4.67. The van der Waals surface area contributed by atoms with Crippen LogP contribution < -0.4 is 19.7 Å². The summed E-state index contributed by atoms with van der Waals surface area (Å²) < 4.78 is 12.9. The molecule has 2 aromatic rings. The normalized spacial score (nSPS) is 18.6. The molecule has 0 aliphatic carbocycles. The first-order valence-electron chi connectivity index (χ1n) is 9.13. The van der Waals surface area contributed by atoms with Crippen LogP contribution in [0.3, 0.4) is 0 Å². The minimum absolute atomic E-state index is 0.331. The molecule has 134 valence electrons. The zero-order chi connectivity index (χ0) is 17.2. The van der Waals surface area contributed by atoms with E-state index in [0.717, 1.165) is 43.9 Å². The van der Waals surface area contributed by atoms with Gasteiger partial charge >= 0.3 is 0 Å². The highest BCUT2D eigenvalue weighted by atomic mass is 16.7. The summed E-state index contributed by atoms with van der Waals surface area (Å²) in [5.74, 6) is 1.71. The van der Waals surface area contributed by atoms with Gasteiger partial charge in [-0.1, -0.05) is 6.92 Å². The molecule has 6 nitrogen and oxygen atoms in total. The van der Waals surface area contributed by atoms with Crippen molar-refractivity contribution in [3.63, 3.8) is 0 Å². The van der Waals surface area contributed by atoms with E-state index < -0.39 is 0 Å². The molecule has 0 bridgehead atoms. The summed E-state index contributed by atoms with van der Waals surface area (Å²) >= 11 is 0. The highest BCUT2D eigenvalue weighted by Gasteiger charge is 2.24. The number of nitrogens with one attached hydrogen (secondary N) is 1. The molecular weight excluding hydrogens is 316 g/mol. The SMILES string of the molecule is CC[C@H](NC1CCN(c2ccc3c(c2)OCO3)CC1)c1ccnn1C. The molecule has 1 fully saturated rings. The van der Waals surface area contributed by atoms with Crippen LogP contribution in [0, 0.1) is 0 Å². The molecule has 6 heteroatoms. The molecule has 4 rings (SSSR count). The molecule has 25 heavy (non-hydrogen) atoms. The largest absolute Gasteiger partial charge is 0.454 e. The van der Waals surface area contributed by atoms with Gasteiger partial charge in [-0.3, -0.25) is 4.68 Å². The number of hydrogen-bond acceptors (Lipinski definition) is 5. The summed E-state index contributed by atoms with van der Waals surface area (Å²) in [4.78, 5) is 2.44. The van der Waals surface area contributed by atoms with Crippen LogP contribution in [0.25, 0.3) is 0 Å². The average molecular weight is 342 g/mol. The van der Waals surface area contributed by atoms with E-state index in [9.17, 15) is 0 Å². The number of ether oxygens (including phenoxy) is 2. The number of fused-ring (bicyclic) bond motifs is 1. The van der Waals surface area contributed by atoms with Crippen molar-refractivity contribution in [2.45, 2.75) is 38.3 Å². The summed E-state index contributed by atoms with van der Waals surface area (Å²) in [5.41, 5.74) is 2.49. The van der Waals surface area contributed by atoms with Crippen LogP contribution in [0.1, 0.15) is 37.9 Å². The van der Waals surface area contributed by atoms with Crippen molar-refractivity contribution in [1.82, 2.24) is 15.1 Å². The third kappa shape index (κ3) is 3.31. The zero-order valence-corrected chi connectivity index (χ0v) is 14.9. The predicted molar refractivity (Wildman–Crippen MR) is 97.2 cm³/mol. The van der Waals surface area contributed by atoms with Crippen LogP contribution in [0.2, 0.25) is 0 Å². The second-order valence-corrected chi connectivity index (χ2v) is 6.81. The lowest BCUT2D eigenvalue weighted by Crippen LogP contribution is -2.44. The third-order valence-corrected chi connectivity index (χ3v) is 5.28. The van der Waals surface area contributed by atoms with Crippen molar-refractivity contribution in [3.8, 4) is 11.5 Å². The van der Waals surface area contributed by atoms with E-state index in [0.29, 0.717) is 18.9 Å². The smallest absolute Gasteiger partial charge is 0.231 e. The van der Waals surface area contributed by atoms with E-state index in [-0.39, 0.29) is 0 Å². The van der Waals surface area contributed by atoms with E-state index in [1.807, 2.05) is 24.0 Å². The van der Waals surface area contributed by atoms with E-state index in [1.54, 1.807) is 0 Å². The van der Waals surface area contributed by atoms with E-state index in [2.05, 4.69) is 40.4 Å². The predicted octanol–water partition coefficient (Wildman–Crippen LogP) is 2.86. The van der Waals surface area contributed by atoms with Crippen molar-refractivity contribution >= 4 is 5.69 Å². The maximum Gasteiger partial charge on any atom is 0.231 e. The molecule has 1 aromatic heterocycles. The molecule has 0 radical (unpaired) electrons. The Bertz CT molecular complexity index is 722. The molecule has 0 saturated carbocycles. The second kappa shape index (κ2) is 6.96. The van der Waals surface area contributed by atoms with Crippen molar-refractivity contribution in [2.24, 2.45) is 7.05 Å². The number of aryl methyl sites for hydroxylation is 1. The monoisotopic (exact) mass is 342 g/mol. The first-order valence-corrected chi connectivity index (χ1v) is 9.13. The standard InChI is InChI=1S/C19H26N4O2/c1-3-16(17-6-9-20-22(17)2)21-14-7-10-23(11-8-14)15-4-5-18-19(12-15)25-13-24-18/h4-6,9,12,14,16,21H,3,7-8,10-11,13H2,1-2H3/t16-/m0/s1. The molecular formula is C19H26N4O2. The Morgan fingerprint density at radius 1 is 1.20 bits per heavy atom. The molecule has 0 spiro atoms. The van der Waals surface area contributed by atoms with Gasteiger partial charge in [0.25, 0.3) is 0 Å². The number of benzene rings is 1. The molecule has 2 aliphatic heterocycles. The number of nitrogens with zero attached hydrogens (tertiary/aromatic N) is 3.